The first kappa shape index (κ1) is 14.1. The first-order valence-electron chi connectivity index (χ1n) is 6.94. The van der Waals surface area contributed by atoms with Crippen molar-refractivity contribution in [3.8, 4) is 0 Å². The standard InChI is InChI=1S/C16H22O3/c1-5-11-16(14(17)18-6-2)15(4,19-16)13-9-7-12(3)8-10-13/h7-10H,5-6,11H2,1-4H3. The molecule has 2 rings (SSSR count). The molecule has 1 fully saturated rings. The Morgan fingerprint density at radius 1 is 1.26 bits per heavy atom. The topological polar surface area (TPSA) is 38.8 Å². The predicted molar refractivity (Wildman–Crippen MR) is 73.9 cm³/mol. The third-order valence-corrected chi connectivity index (χ3v) is 3.92. The van der Waals surface area contributed by atoms with Crippen molar-refractivity contribution in [2.24, 2.45) is 0 Å². The highest BCUT2D eigenvalue weighted by Crippen LogP contribution is 2.58. The van der Waals surface area contributed by atoms with Gasteiger partial charge in [0.15, 0.2) is 5.60 Å². The van der Waals surface area contributed by atoms with Crippen LogP contribution in [-0.4, -0.2) is 18.2 Å². The van der Waals surface area contributed by atoms with E-state index in [1.54, 1.807) is 0 Å². The van der Waals surface area contributed by atoms with Crippen LogP contribution in [0.4, 0.5) is 0 Å². The van der Waals surface area contributed by atoms with Gasteiger partial charge in [0.05, 0.1) is 6.61 Å². The molecule has 0 aliphatic carbocycles. The van der Waals surface area contributed by atoms with Crippen molar-refractivity contribution in [2.45, 2.75) is 51.7 Å². The van der Waals surface area contributed by atoms with Crippen LogP contribution in [0.2, 0.25) is 0 Å². The molecule has 1 aromatic carbocycles. The van der Waals surface area contributed by atoms with E-state index in [9.17, 15) is 4.79 Å². The number of esters is 1. The molecule has 0 radical (unpaired) electrons. The van der Waals surface area contributed by atoms with Crippen LogP contribution in [0.3, 0.4) is 0 Å². The number of hydrogen-bond donors (Lipinski definition) is 0. The van der Waals surface area contributed by atoms with E-state index in [0.717, 1.165) is 12.0 Å². The van der Waals surface area contributed by atoms with Gasteiger partial charge in [0.2, 0.25) is 0 Å². The number of benzene rings is 1. The minimum absolute atomic E-state index is 0.236. The number of ether oxygens (including phenoxy) is 2. The molecule has 0 saturated carbocycles. The van der Waals surface area contributed by atoms with Crippen LogP contribution in [0.1, 0.15) is 44.7 Å². The van der Waals surface area contributed by atoms with Crippen molar-refractivity contribution in [2.75, 3.05) is 6.61 Å². The van der Waals surface area contributed by atoms with Gasteiger partial charge in [0.25, 0.3) is 0 Å². The van der Waals surface area contributed by atoms with Crippen molar-refractivity contribution < 1.29 is 14.3 Å². The molecule has 3 heteroatoms. The normalized spacial score (nSPS) is 29.1. The van der Waals surface area contributed by atoms with Gasteiger partial charge < -0.3 is 9.47 Å². The second kappa shape index (κ2) is 4.97. The summed E-state index contributed by atoms with van der Waals surface area (Å²) in [7, 11) is 0. The van der Waals surface area contributed by atoms with Crippen LogP contribution >= 0.6 is 0 Å². The zero-order chi connectivity index (χ0) is 14.1. The Bertz CT molecular complexity index is 465. The molecule has 1 heterocycles. The molecule has 19 heavy (non-hydrogen) atoms. The van der Waals surface area contributed by atoms with Crippen LogP contribution in [0.25, 0.3) is 0 Å². The van der Waals surface area contributed by atoms with Crippen molar-refractivity contribution in [1.29, 1.82) is 0 Å². The highest BCUT2D eigenvalue weighted by molar-refractivity contribution is 5.85. The highest BCUT2D eigenvalue weighted by Gasteiger charge is 2.72. The molecular formula is C16H22O3. The molecule has 104 valence electrons. The van der Waals surface area contributed by atoms with Crippen molar-refractivity contribution in [3.63, 3.8) is 0 Å². The van der Waals surface area contributed by atoms with Crippen molar-refractivity contribution in [1.82, 2.24) is 0 Å². The van der Waals surface area contributed by atoms with Gasteiger partial charge in [0, 0.05) is 0 Å². The Labute approximate surface area is 114 Å². The van der Waals surface area contributed by atoms with E-state index in [2.05, 4.69) is 6.92 Å². The molecule has 0 spiro atoms. The smallest absolute Gasteiger partial charge is 0.341 e. The number of carbonyl (C=O) groups is 1. The monoisotopic (exact) mass is 262 g/mol. The number of hydrogen-bond acceptors (Lipinski definition) is 3. The fraction of sp³-hybridized carbons (Fsp3) is 0.562. The quantitative estimate of drug-likeness (QED) is 0.603. The molecule has 2 unspecified atom stereocenters. The van der Waals surface area contributed by atoms with Crippen LogP contribution < -0.4 is 0 Å². The van der Waals surface area contributed by atoms with E-state index >= 15 is 0 Å². The number of epoxide rings is 1. The minimum Gasteiger partial charge on any atom is -0.464 e. The van der Waals surface area contributed by atoms with E-state index in [1.807, 2.05) is 45.0 Å². The largest absolute Gasteiger partial charge is 0.464 e. The average molecular weight is 262 g/mol. The zero-order valence-corrected chi connectivity index (χ0v) is 12.2. The van der Waals surface area contributed by atoms with Gasteiger partial charge in [-0.25, -0.2) is 4.79 Å². The molecule has 2 atom stereocenters. The second-order valence-electron chi connectivity index (χ2n) is 5.30. The summed E-state index contributed by atoms with van der Waals surface area (Å²) in [6, 6.07) is 8.16. The first-order chi connectivity index (χ1) is 9.00. The van der Waals surface area contributed by atoms with Gasteiger partial charge in [-0.15, -0.1) is 0 Å². The predicted octanol–water partition coefficient (Wildman–Crippen LogP) is 3.34. The van der Waals surface area contributed by atoms with Gasteiger partial charge in [-0.1, -0.05) is 43.2 Å². The molecule has 1 aliphatic heterocycles. The summed E-state index contributed by atoms with van der Waals surface area (Å²) in [6.45, 7) is 8.29. The number of aryl methyl sites for hydroxylation is 1. The summed E-state index contributed by atoms with van der Waals surface area (Å²) >= 11 is 0. The Balaban J connectivity index is 2.29. The van der Waals surface area contributed by atoms with Crippen LogP contribution in [0.5, 0.6) is 0 Å². The van der Waals surface area contributed by atoms with Crippen LogP contribution in [0, 0.1) is 6.92 Å². The van der Waals surface area contributed by atoms with E-state index < -0.39 is 11.2 Å². The van der Waals surface area contributed by atoms with E-state index in [-0.39, 0.29) is 5.97 Å². The maximum Gasteiger partial charge on any atom is 0.341 e. The maximum atomic E-state index is 12.2. The van der Waals surface area contributed by atoms with Gasteiger partial charge in [-0.3, -0.25) is 0 Å². The average Bonchev–Trinajstić information content (AvgIpc) is 2.99. The summed E-state index contributed by atoms with van der Waals surface area (Å²) in [5.74, 6) is -0.236. The van der Waals surface area contributed by atoms with E-state index in [0.29, 0.717) is 13.0 Å². The summed E-state index contributed by atoms with van der Waals surface area (Å²) in [5.41, 5.74) is 0.889. The van der Waals surface area contributed by atoms with Crippen molar-refractivity contribution in [3.05, 3.63) is 35.4 Å². The lowest BCUT2D eigenvalue weighted by molar-refractivity contribution is -0.149. The fourth-order valence-corrected chi connectivity index (χ4v) is 2.71. The number of rotatable bonds is 5. The van der Waals surface area contributed by atoms with Crippen LogP contribution in [-0.2, 0) is 19.9 Å². The van der Waals surface area contributed by atoms with Gasteiger partial charge in [-0.05, 0) is 32.8 Å². The van der Waals surface area contributed by atoms with Crippen LogP contribution in [0.15, 0.2) is 24.3 Å². The molecule has 0 aromatic heterocycles. The lowest BCUT2D eigenvalue weighted by atomic mass is 9.84. The van der Waals surface area contributed by atoms with E-state index in [1.165, 1.54) is 5.56 Å². The molecule has 1 saturated heterocycles. The Hall–Kier alpha value is -1.35. The number of carbonyl (C=O) groups excluding carboxylic acids is 1. The SMILES string of the molecule is CCCC1(C(=O)OCC)OC1(C)c1ccc(C)cc1. The molecule has 0 bridgehead atoms. The Kier molecular flexibility index (Phi) is 3.68. The molecule has 0 amide bonds. The third-order valence-electron chi connectivity index (χ3n) is 3.92. The van der Waals surface area contributed by atoms with Gasteiger partial charge in [0.1, 0.15) is 5.60 Å². The van der Waals surface area contributed by atoms with Crippen molar-refractivity contribution >= 4 is 5.97 Å². The first-order valence-corrected chi connectivity index (χ1v) is 6.94. The third kappa shape index (κ3) is 2.16. The minimum atomic E-state index is -0.799. The fourth-order valence-electron chi connectivity index (χ4n) is 2.71. The van der Waals surface area contributed by atoms with Gasteiger partial charge in [-0.2, -0.15) is 0 Å². The summed E-state index contributed by atoms with van der Waals surface area (Å²) < 4.78 is 11.1. The maximum absolute atomic E-state index is 12.2. The van der Waals surface area contributed by atoms with E-state index in [4.69, 9.17) is 9.47 Å². The van der Waals surface area contributed by atoms with Gasteiger partial charge >= 0.3 is 5.97 Å². The molecule has 1 aliphatic rings. The lowest BCUT2D eigenvalue weighted by Crippen LogP contribution is -2.33. The Morgan fingerprint density at radius 3 is 2.42 bits per heavy atom. The highest BCUT2D eigenvalue weighted by atomic mass is 16.7. The Morgan fingerprint density at radius 2 is 1.89 bits per heavy atom. The second-order valence-corrected chi connectivity index (χ2v) is 5.30. The molecular weight excluding hydrogens is 240 g/mol. The molecule has 3 nitrogen and oxygen atoms in total. The lowest BCUT2D eigenvalue weighted by Gasteiger charge is -2.15. The summed E-state index contributed by atoms with van der Waals surface area (Å²) in [6.07, 6.45) is 1.58. The zero-order valence-electron chi connectivity index (χ0n) is 12.2. The summed E-state index contributed by atoms with van der Waals surface area (Å²) in [5, 5.41) is 0. The summed E-state index contributed by atoms with van der Waals surface area (Å²) in [4.78, 5) is 12.2. The molecule has 0 N–H and O–H groups in total. The molecule has 1 aromatic rings.